The molecule has 0 unspecified atom stereocenters. The van der Waals surface area contributed by atoms with E-state index >= 15 is 0 Å². The Bertz CT molecular complexity index is 1120. The summed E-state index contributed by atoms with van der Waals surface area (Å²) >= 11 is 7.39. The van der Waals surface area contributed by atoms with Crippen LogP contribution in [0, 0.1) is 5.82 Å². The van der Waals surface area contributed by atoms with E-state index in [4.69, 9.17) is 11.6 Å². The molecular formula is C20H13ClFN3OS. The fraction of sp³-hybridized carbons (Fsp3) is 0.0500. The summed E-state index contributed by atoms with van der Waals surface area (Å²) in [5.74, 6) is -1.02. The monoisotopic (exact) mass is 397 g/mol. The van der Waals surface area contributed by atoms with Crippen LogP contribution in [-0.4, -0.2) is 15.9 Å². The number of fused-ring (bicyclic) bond motifs is 1. The molecule has 0 aliphatic rings. The Hall–Kier alpha value is -2.83. The molecule has 0 saturated carbocycles. The summed E-state index contributed by atoms with van der Waals surface area (Å²) in [4.78, 5) is 23.2. The lowest BCUT2D eigenvalue weighted by Gasteiger charge is -2.20. The quantitative estimate of drug-likeness (QED) is 0.467. The maximum atomic E-state index is 14.2. The number of carbonyl (C=O) groups is 1. The number of thiazole rings is 1. The summed E-state index contributed by atoms with van der Waals surface area (Å²) in [6.45, 7) is 0.231. The highest BCUT2D eigenvalue weighted by molar-refractivity contribution is 7.22. The van der Waals surface area contributed by atoms with Gasteiger partial charge < -0.3 is 0 Å². The van der Waals surface area contributed by atoms with Crippen molar-refractivity contribution in [3.05, 3.63) is 89.0 Å². The summed E-state index contributed by atoms with van der Waals surface area (Å²) < 4.78 is 15.1. The molecule has 0 aliphatic carbocycles. The minimum Gasteiger partial charge on any atom is -0.279 e. The third-order valence-corrected chi connectivity index (χ3v) is 5.26. The highest BCUT2D eigenvalue weighted by Gasteiger charge is 2.24. The number of halogens is 2. The normalized spacial score (nSPS) is 10.9. The van der Waals surface area contributed by atoms with Gasteiger partial charge in [-0.3, -0.25) is 14.7 Å². The largest absolute Gasteiger partial charge is 0.279 e. The zero-order valence-corrected chi connectivity index (χ0v) is 15.5. The average molecular weight is 398 g/mol. The molecule has 2 heterocycles. The van der Waals surface area contributed by atoms with Crippen LogP contribution < -0.4 is 4.90 Å². The van der Waals surface area contributed by atoms with Gasteiger partial charge in [0.2, 0.25) is 0 Å². The van der Waals surface area contributed by atoms with Crippen LogP contribution in [-0.2, 0) is 6.54 Å². The van der Waals surface area contributed by atoms with Crippen LogP contribution in [0.5, 0.6) is 0 Å². The predicted octanol–water partition coefficient (Wildman–Crippen LogP) is 5.33. The van der Waals surface area contributed by atoms with Crippen molar-refractivity contribution < 1.29 is 9.18 Å². The fourth-order valence-corrected chi connectivity index (χ4v) is 3.92. The minimum atomic E-state index is -0.567. The number of nitrogens with zero attached hydrogens (tertiary/aromatic N) is 3. The summed E-state index contributed by atoms with van der Waals surface area (Å²) in [6, 6.07) is 14.9. The van der Waals surface area contributed by atoms with Gasteiger partial charge in [-0.1, -0.05) is 41.1 Å². The predicted molar refractivity (Wildman–Crippen MR) is 106 cm³/mol. The number of carbonyl (C=O) groups excluding carboxylic acids is 1. The summed E-state index contributed by atoms with van der Waals surface area (Å²) in [6.07, 6.45) is 3.33. The van der Waals surface area contributed by atoms with E-state index in [1.165, 1.54) is 28.4 Å². The Kier molecular flexibility index (Phi) is 4.83. The number of rotatable bonds is 4. The van der Waals surface area contributed by atoms with Crippen molar-refractivity contribution in [3.8, 4) is 0 Å². The zero-order chi connectivity index (χ0) is 18.8. The van der Waals surface area contributed by atoms with Crippen molar-refractivity contribution in [3.63, 3.8) is 0 Å². The fourth-order valence-electron chi connectivity index (χ4n) is 2.68. The summed E-state index contributed by atoms with van der Waals surface area (Å²) in [7, 11) is 0. The highest BCUT2D eigenvalue weighted by Crippen LogP contribution is 2.32. The van der Waals surface area contributed by atoms with E-state index in [-0.39, 0.29) is 12.1 Å². The Balaban J connectivity index is 1.79. The molecule has 4 rings (SSSR count). The second-order valence-corrected chi connectivity index (χ2v) is 7.29. The van der Waals surface area contributed by atoms with Crippen molar-refractivity contribution >= 4 is 44.2 Å². The number of hydrogen-bond acceptors (Lipinski definition) is 4. The Labute approximate surface area is 163 Å². The Morgan fingerprint density at radius 3 is 2.78 bits per heavy atom. The van der Waals surface area contributed by atoms with Crippen LogP contribution in [0.2, 0.25) is 5.02 Å². The number of pyridine rings is 1. The molecule has 0 bridgehead atoms. The van der Waals surface area contributed by atoms with Crippen LogP contribution in [0.15, 0.2) is 67.0 Å². The zero-order valence-electron chi connectivity index (χ0n) is 14.0. The number of anilines is 1. The molecule has 0 saturated heterocycles. The molecule has 0 aliphatic heterocycles. The van der Waals surface area contributed by atoms with E-state index in [0.29, 0.717) is 10.2 Å². The standard InChI is InChI=1S/C20H13ClFN3OS/c21-14-7-8-17-18(10-14)27-20(24-17)25(12-13-4-3-9-23-11-13)19(26)15-5-1-2-6-16(15)22/h1-11H,12H2. The van der Waals surface area contributed by atoms with E-state index in [9.17, 15) is 9.18 Å². The number of amides is 1. The van der Waals surface area contributed by atoms with Crippen LogP contribution >= 0.6 is 22.9 Å². The third kappa shape index (κ3) is 3.67. The summed E-state index contributed by atoms with van der Waals surface area (Å²) in [5.41, 5.74) is 1.55. The minimum absolute atomic E-state index is 0.00122. The molecule has 134 valence electrons. The molecule has 1 amide bonds. The first-order chi connectivity index (χ1) is 13.1. The first kappa shape index (κ1) is 17.6. The van der Waals surface area contributed by atoms with Crippen molar-refractivity contribution in [2.45, 2.75) is 6.54 Å². The maximum Gasteiger partial charge on any atom is 0.263 e. The van der Waals surface area contributed by atoms with Crippen molar-refractivity contribution in [1.29, 1.82) is 0 Å². The molecule has 2 aromatic carbocycles. The molecule has 0 fully saturated rings. The lowest BCUT2D eigenvalue weighted by molar-refractivity contribution is 0.0981. The maximum absolute atomic E-state index is 14.2. The lowest BCUT2D eigenvalue weighted by atomic mass is 10.1. The molecule has 0 radical (unpaired) electrons. The number of aromatic nitrogens is 2. The number of benzene rings is 2. The van der Waals surface area contributed by atoms with E-state index in [1.54, 1.807) is 48.8 Å². The first-order valence-corrected chi connectivity index (χ1v) is 9.32. The van der Waals surface area contributed by atoms with Gasteiger partial charge in [0.05, 0.1) is 22.3 Å². The van der Waals surface area contributed by atoms with Crippen LogP contribution in [0.1, 0.15) is 15.9 Å². The van der Waals surface area contributed by atoms with Gasteiger partial charge in [0.1, 0.15) is 5.82 Å². The van der Waals surface area contributed by atoms with E-state index in [1.807, 2.05) is 6.07 Å². The third-order valence-electron chi connectivity index (χ3n) is 3.98. The van der Waals surface area contributed by atoms with Crippen molar-refractivity contribution in [2.24, 2.45) is 0 Å². The van der Waals surface area contributed by atoms with Crippen LogP contribution in [0.3, 0.4) is 0 Å². The van der Waals surface area contributed by atoms with Gasteiger partial charge in [0, 0.05) is 17.4 Å². The Morgan fingerprint density at radius 2 is 2.00 bits per heavy atom. The van der Waals surface area contributed by atoms with Gasteiger partial charge in [0.15, 0.2) is 5.13 Å². The van der Waals surface area contributed by atoms with E-state index in [0.717, 1.165) is 15.8 Å². The molecule has 0 N–H and O–H groups in total. The second kappa shape index (κ2) is 7.42. The topological polar surface area (TPSA) is 46.1 Å². The van der Waals surface area contributed by atoms with E-state index < -0.39 is 11.7 Å². The molecule has 7 heteroatoms. The second-order valence-electron chi connectivity index (χ2n) is 5.84. The number of hydrogen-bond donors (Lipinski definition) is 0. The van der Waals surface area contributed by atoms with Gasteiger partial charge in [-0.05, 0) is 42.0 Å². The first-order valence-electron chi connectivity index (χ1n) is 8.13. The van der Waals surface area contributed by atoms with Gasteiger partial charge >= 0.3 is 0 Å². The van der Waals surface area contributed by atoms with Gasteiger partial charge in [-0.2, -0.15) is 0 Å². The van der Waals surface area contributed by atoms with Gasteiger partial charge in [-0.25, -0.2) is 9.37 Å². The van der Waals surface area contributed by atoms with Crippen molar-refractivity contribution in [2.75, 3.05) is 4.90 Å². The van der Waals surface area contributed by atoms with Crippen molar-refractivity contribution in [1.82, 2.24) is 9.97 Å². The molecular weight excluding hydrogens is 385 g/mol. The van der Waals surface area contributed by atoms with E-state index in [2.05, 4.69) is 9.97 Å². The molecule has 0 atom stereocenters. The SMILES string of the molecule is O=C(c1ccccc1F)N(Cc1cccnc1)c1nc2ccc(Cl)cc2s1. The summed E-state index contributed by atoms with van der Waals surface area (Å²) in [5, 5.41) is 1.07. The molecule has 4 aromatic rings. The Morgan fingerprint density at radius 1 is 1.15 bits per heavy atom. The molecule has 27 heavy (non-hydrogen) atoms. The smallest absolute Gasteiger partial charge is 0.263 e. The average Bonchev–Trinajstić information content (AvgIpc) is 3.09. The van der Waals surface area contributed by atoms with Gasteiger partial charge in [-0.15, -0.1) is 0 Å². The lowest BCUT2D eigenvalue weighted by Crippen LogP contribution is -2.31. The molecule has 4 nitrogen and oxygen atoms in total. The van der Waals surface area contributed by atoms with Gasteiger partial charge in [0.25, 0.3) is 5.91 Å². The molecule has 2 aromatic heterocycles. The van der Waals surface area contributed by atoms with Crippen LogP contribution in [0.4, 0.5) is 9.52 Å². The molecule has 0 spiro atoms. The van der Waals surface area contributed by atoms with Crippen LogP contribution in [0.25, 0.3) is 10.2 Å². The highest BCUT2D eigenvalue weighted by atomic mass is 35.5.